The highest BCUT2D eigenvalue weighted by Gasteiger charge is 2.12. The molecule has 0 spiro atoms. The van der Waals surface area contributed by atoms with Gasteiger partial charge in [0.15, 0.2) is 23.0 Å². The maximum absolute atomic E-state index is 11.8. The lowest BCUT2D eigenvalue weighted by Gasteiger charge is -2.19. The topological polar surface area (TPSA) is 85.4 Å². The molecule has 1 aliphatic heterocycles. The summed E-state index contributed by atoms with van der Waals surface area (Å²) in [5.41, 5.74) is 1.09. The predicted molar refractivity (Wildman–Crippen MR) is 85.3 cm³/mol. The van der Waals surface area contributed by atoms with Crippen LogP contribution >= 0.6 is 0 Å². The Balaban J connectivity index is 1.70. The van der Waals surface area contributed by atoms with Crippen LogP contribution < -0.4 is 20.1 Å². The molecule has 1 aliphatic rings. The number of carbonyl (C=O) groups is 1. The van der Waals surface area contributed by atoms with E-state index in [1.54, 1.807) is 12.1 Å². The average molecular weight is 314 g/mol. The van der Waals surface area contributed by atoms with E-state index in [1.807, 2.05) is 32.0 Å². The average Bonchev–Trinajstić information content (AvgIpc) is 2.55. The number of carbonyl (C=O) groups excluding carboxylic acids is 1. The van der Waals surface area contributed by atoms with Crippen LogP contribution in [0.1, 0.15) is 24.3 Å². The van der Waals surface area contributed by atoms with Crippen molar-refractivity contribution >= 4 is 17.4 Å². The fourth-order valence-electron chi connectivity index (χ4n) is 2.13. The van der Waals surface area contributed by atoms with Gasteiger partial charge in [0.25, 0.3) is 5.91 Å². The quantitative estimate of drug-likeness (QED) is 0.899. The summed E-state index contributed by atoms with van der Waals surface area (Å²) in [6.07, 6.45) is 0. The number of hydrogen-bond acceptors (Lipinski definition) is 6. The fraction of sp³-hybridized carbons (Fsp3) is 0.312. The molecular weight excluding hydrogens is 296 g/mol. The van der Waals surface area contributed by atoms with Gasteiger partial charge in [-0.1, -0.05) is 0 Å². The lowest BCUT2D eigenvalue weighted by Crippen LogP contribution is -2.30. The first-order valence-corrected chi connectivity index (χ1v) is 7.43. The monoisotopic (exact) mass is 314 g/mol. The third kappa shape index (κ3) is 3.68. The van der Waals surface area contributed by atoms with Crippen molar-refractivity contribution in [1.82, 2.24) is 15.5 Å². The minimum Gasteiger partial charge on any atom is -0.486 e. The molecule has 0 saturated carbocycles. The molecule has 120 valence electrons. The van der Waals surface area contributed by atoms with Gasteiger partial charge in [-0.3, -0.25) is 4.79 Å². The number of anilines is 2. The van der Waals surface area contributed by atoms with Crippen LogP contribution in [0.5, 0.6) is 11.5 Å². The van der Waals surface area contributed by atoms with Gasteiger partial charge in [-0.05, 0) is 38.1 Å². The summed E-state index contributed by atoms with van der Waals surface area (Å²) >= 11 is 0. The number of rotatable bonds is 4. The van der Waals surface area contributed by atoms with Crippen molar-refractivity contribution in [2.45, 2.75) is 19.9 Å². The summed E-state index contributed by atoms with van der Waals surface area (Å²) in [7, 11) is 0. The van der Waals surface area contributed by atoms with E-state index in [0.717, 1.165) is 11.4 Å². The molecule has 0 fully saturated rings. The summed E-state index contributed by atoms with van der Waals surface area (Å²) < 4.78 is 11.0. The van der Waals surface area contributed by atoms with E-state index in [1.165, 1.54) is 0 Å². The Kier molecular flexibility index (Phi) is 4.27. The molecule has 0 aliphatic carbocycles. The zero-order valence-electron chi connectivity index (χ0n) is 13.0. The Hall–Kier alpha value is -2.83. The van der Waals surface area contributed by atoms with Gasteiger partial charge in [0, 0.05) is 17.8 Å². The Bertz CT molecular complexity index is 701. The van der Waals surface area contributed by atoms with Gasteiger partial charge >= 0.3 is 0 Å². The van der Waals surface area contributed by atoms with Gasteiger partial charge in [0.05, 0.1) is 0 Å². The Morgan fingerprint density at radius 2 is 1.87 bits per heavy atom. The summed E-state index contributed by atoms with van der Waals surface area (Å²) in [6.45, 7) is 4.88. The van der Waals surface area contributed by atoms with Gasteiger partial charge in [-0.2, -0.15) is 0 Å². The van der Waals surface area contributed by atoms with Crippen molar-refractivity contribution in [3.8, 4) is 11.5 Å². The van der Waals surface area contributed by atoms with E-state index < -0.39 is 0 Å². The van der Waals surface area contributed by atoms with Gasteiger partial charge in [-0.15, -0.1) is 10.2 Å². The second kappa shape index (κ2) is 6.51. The molecule has 0 radical (unpaired) electrons. The SMILES string of the molecule is CC(C)NC(=O)c1ccc(Nc2ccc3c(c2)OCCO3)nn1. The predicted octanol–water partition coefficient (Wildman–Crippen LogP) is 2.13. The highest BCUT2D eigenvalue weighted by molar-refractivity contribution is 5.92. The van der Waals surface area contributed by atoms with Gasteiger partial charge in [0.2, 0.25) is 0 Å². The van der Waals surface area contributed by atoms with E-state index in [4.69, 9.17) is 9.47 Å². The molecule has 2 heterocycles. The smallest absolute Gasteiger partial charge is 0.271 e. The molecule has 3 rings (SSSR count). The first kappa shape index (κ1) is 15.1. The minimum atomic E-state index is -0.238. The lowest BCUT2D eigenvalue weighted by molar-refractivity contribution is 0.0937. The van der Waals surface area contributed by atoms with Crippen LogP contribution in [-0.4, -0.2) is 35.4 Å². The number of nitrogens with zero attached hydrogens (tertiary/aromatic N) is 2. The van der Waals surface area contributed by atoms with E-state index >= 15 is 0 Å². The van der Waals surface area contributed by atoms with Crippen LogP contribution in [0, 0.1) is 0 Å². The minimum absolute atomic E-state index is 0.0554. The number of benzene rings is 1. The molecular formula is C16H18N4O3. The molecule has 1 amide bonds. The Morgan fingerprint density at radius 3 is 2.57 bits per heavy atom. The molecule has 0 unspecified atom stereocenters. The van der Waals surface area contributed by atoms with E-state index in [0.29, 0.717) is 24.8 Å². The summed E-state index contributed by atoms with van der Waals surface area (Å²) in [4.78, 5) is 11.8. The van der Waals surface area contributed by atoms with Crippen LogP contribution in [0.4, 0.5) is 11.5 Å². The van der Waals surface area contributed by atoms with Gasteiger partial charge in [-0.25, -0.2) is 0 Å². The number of ether oxygens (including phenoxy) is 2. The van der Waals surface area contributed by atoms with Crippen LogP contribution in [-0.2, 0) is 0 Å². The third-order valence-corrected chi connectivity index (χ3v) is 3.13. The van der Waals surface area contributed by atoms with Crippen LogP contribution in [0.3, 0.4) is 0 Å². The third-order valence-electron chi connectivity index (χ3n) is 3.13. The van der Waals surface area contributed by atoms with Gasteiger partial charge in [0.1, 0.15) is 13.2 Å². The van der Waals surface area contributed by atoms with E-state index in [2.05, 4.69) is 20.8 Å². The Morgan fingerprint density at radius 1 is 1.09 bits per heavy atom. The molecule has 2 N–H and O–H groups in total. The van der Waals surface area contributed by atoms with Crippen molar-refractivity contribution in [3.63, 3.8) is 0 Å². The van der Waals surface area contributed by atoms with Crippen molar-refractivity contribution in [3.05, 3.63) is 36.0 Å². The number of amides is 1. The van der Waals surface area contributed by atoms with E-state index in [-0.39, 0.29) is 17.6 Å². The highest BCUT2D eigenvalue weighted by Crippen LogP contribution is 2.33. The first-order valence-electron chi connectivity index (χ1n) is 7.43. The number of nitrogens with one attached hydrogen (secondary N) is 2. The molecule has 0 bridgehead atoms. The normalized spacial score (nSPS) is 12.8. The van der Waals surface area contributed by atoms with Crippen molar-refractivity contribution in [2.75, 3.05) is 18.5 Å². The standard InChI is InChI=1S/C16H18N4O3/c1-10(2)17-16(21)12-4-6-15(20-19-12)18-11-3-5-13-14(9-11)23-8-7-22-13/h3-6,9-10H,7-8H2,1-2H3,(H,17,21)(H,18,20). The maximum atomic E-state index is 11.8. The highest BCUT2D eigenvalue weighted by atomic mass is 16.6. The van der Waals surface area contributed by atoms with Gasteiger partial charge < -0.3 is 20.1 Å². The molecule has 0 atom stereocenters. The second-order valence-electron chi connectivity index (χ2n) is 5.42. The van der Waals surface area contributed by atoms with Crippen LogP contribution in [0.15, 0.2) is 30.3 Å². The largest absolute Gasteiger partial charge is 0.486 e. The molecule has 1 aromatic carbocycles. The summed E-state index contributed by atoms with van der Waals surface area (Å²) in [6, 6.07) is 8.95. The Labute approximate surface area is 134 Å². The molecule has 7 heteroatoms. The second-order valence-corrected chi connectivity index (χ2v) is 5.42. The molecule has 2 aromatic rings. The summed E-state index contributed by atoms with van der Waals surface area (Å²) in [5.74, 6) is 1.73. The molecule has 23 heavy (non-hydrogen) atoms. The maximum Gasteiger partial charge on any atom is 0.271 e. The number of fused-ring (bicyclic) bond motifs is 1. The fourth-order valence-corrected chi connectivity index (χ4v) is 2.13. The van der Waals surface area contributed by atoms with Crippen LogP contribution in [0.25, 0.3) is 0 Å². The van der Waals surface area contributed by atoms with Crippen LogP contribution in [0.2, 0.25) is 0 Å². The van der Waals surface area contributed by atoms with Crippen molar-refractivity contribution in [1.29, 1.82) is 0 Å². The van der Waals surface area contributed by atoms with E-state index in [9.17, 15) is 4.79 Å². The molecule has 7 nitrogen and oxygen atoms in total. The number of hydrogen-bond donors (Lipinski definition) is 2. The molecule has 1 aromatic heterocycles. The number of aromatic nitrogens is 2. The lowest BCUT2D eigenvalue weighted by atomic mass is 10.2. The zero-order valence-corrected chi connectivity index (χ0v) is 13.0. The first-order chi connectivity index (χ1) is 11.1. The molecule has 0 saturated heterocycles. The van der Waals surface area contributed by atoms with Crippen molar-refractivity contribution in [2.24, 2.45) is 0 Å². The summed E-state index contributed by atoms with van der Waals surface area (Å²) in [5, 5.41) is 13.8. The zero-order chi connectivity index (χ0) is 16.2. The van der Waals surface area contributed by atoms with Crippen molar-refractivity contribution < 1.29 is 14.3 Å².